The number of nitrogens with one attached hydrogen (secondary N) is 1. The molecule has 1 fully saturated rings. The molecule has 0 saturated carbocycles. The molecule has 10 heteroatoms. The minimum Gasteiger partial charge on any atom is -0.454 e. The fourth-order valence-electron chi connectivity index (χ4n) is 3.42. The third kappa shape index (κ3) is 4.55. The lowest BCUT2D eigenvalue weighted by Crippen LogP contribution is -2.50. The van der Waals surface area contributed by atoms with Gasteiger partial charge in [-0.15, -0.1) is 0 Å². The molecule has 0 unspecified atom stereocenters. The molecule has 0 radical (unpaired) electrons. The van der Waals surface area contributed by atoms with Crippen molar-refractivity contribution in [3.05, 3.63) is 53.8 Å². The Morgan fingerprint density at radius 3 is 2.57 bits per heavy atom. The Morgan fingerprint density at radius 1 is 1.03 bits per heavy atom. The summed E-state index contributed by atoms with van der Waals surface area (Å²) in [5.74, 6) is 0.622. The van der Waals surface area contributed by atoms with E-state index < -0.39 is 15.8 Å². The third-order valence-electron chi connectivity index (χ3n) is 5.06. The van der Waals surface area contributed by atoms with Crippen LogP contribution in [0.15, 0.2) is 47.4 Å². The first kappa shape index (κ1) is 20.6. The Labute approximate surface area is 174 Å². The van der Waals surface area contributed by atoms with Gasteiger partial charge < -0.3 is 14.8 Å². The molecule has 0 aromatic heterocycles. The van der Waals surface area contributed by atoms with Crippen LogP contribution in [0.4, 0.5) is 4.39 Å². The highest BCUT2D eigenvalue weighted by Crippen LogP contribution is 2.32. The molecule has 0 atom stereocenters. The van der Waals surface area contributed by atoms with Gasteiger partial charge in [0.15, 0.2) is 11.5 Å². The minimum absolute atomic E-state index is 0.0579. The Hall–Kier alpha value is -2.69. The van der Waals surface area contributed by atoms with E-state index in [2.05, 4.69) is 5.32 Å². The predicted octanol–water partition coefficient (Wildman–Crippen LogP) is 1.18. The van der Waals surface area contributed by atoms with Crippen LogP contribution in [-0.2, 0) is 21.4 Å². The van der Waals surface area contributed by atoms with E-state index in [9.17, 15) is 17.6 Å². The molecule has 8 nitrogen and oxygen atoms in total. The quantitative estimate of drug-likeness (QED) is 0.733. The summed E-state index contributed by atoms with van der Waals surface area (Å²) in [6.45, 7) is 2.08. The molecule has 1 amide bonds. The van der Waals surface area contributed by atoms with Crippen LogP contribution >= 0.6 is 0 Å². The van der Waals surface area contributed by atoms with Gasteiger partial charge in [0.25, 0.3) is 0 Å². The van der Waals surface area contributed by atoms with Crippen LogP contribution in [0.2, 0.25) is 0 Å². The van der Waals surface area contributed by atoms with Crippen LogP contribution in [0, 0.1) is 5.82 Å². The number of piperazine rings is 1. The minimum atomic E-state index is -3.74. The fourth-order valence-corrected chi connectivity index (χ4v) is 4.87. The van der Waals surface area contributed by atoms with Gasteiger partial charge in [-0.05, 0) is 35.9 Å². The number of carbonyl (C=O) groups is 1. The molecule has 2 heterocycles. The number of benzene rings is 2. The second kappa shape index (κ2) is 8.58. The molecule has 4 rings (SSSR count). The molecular formula is C20H22FN3O5S. The van der Waals surface area contributed by atoms with E-state index in [0.717, 1.165) is 11.6 Å². The Morgan fingerprint density at radius 2 is 1.80 bits per heavy atom. The van der Waals surface area contributed by atoms with Gasteiger partial charge in [-0.2, -0.15) is 4.31 Å². The summed E-state index contributed by atoms with van der Waals surface area (Å²) in [6.07, 6.45) is 0. The summed E-state index contributed by atoms with van der Waals surface area (Å²) < 4.78 is 50.6. The van der Waals surface area contributed by atoms with Crippen LogP contribution in [0.1, 0.15) is 5.56 Å². The Balaban J connectivity index is 1.26. The van der Waals surface area contributed by atoms with Gasteiger partial charge in [-0.25, -0.2) is 12.8 Å². The largest absolute Gasteiger partial charge is 0.454 e. The first-order valence-corrected chi connectivity index (χ1v) is 11.0. The van der Waals surface area contributed by atoms with Crippen LogP contribution < -0.4 is 14.8 Å². The van der Waals surface area contributed by atoms with Gasteiger partial charge in [0.05, 0.1) is 11.4 Å². The molecule has 2 aliphatic rings. The number of halogens is 1. The molecule has 0 aliphatic carbocycles. The second-order valence-corrected chi connectivity index (χ2v) is 9.04. The van der Waals surface area contributed by atoms with Crippen LogP contribution in [-0.4, -0.2) is 63.0 Å². The fraction of sp³-hybridized carbons (Fsp3) is 0.350. The molecule has 2 aromatic carbocycles. The zero-order valence-electron chi connectivity index (χ0n) is 16.2. The summed E-state index contributed by atoms with van der Waals surface area (Å²) in [4.78, 5) is 14.1. The number of sulfonamides is 1. The summed E-state index contributed by atoms with van der Waals surface area (Å²) in [6, 6.07) is 10.5. The van der Waals surface area contributed by atoms with Crippen molar-refractivity contribution in [3.8, 4) is 11.5 Å². The lowest BCUT2D eigenvalue weighted by Gasteiger charge is -2.33. The maximum Gasteiger partial charge on any atom is 0.243 e. The van der Waals surface area contributed by atoms with Gasteiger partial charge in [-0.1, -0.05) is 12.1 Å². The zero-order chi connectivity index (χ0) is 21.1. The summed E-state index contributed by atoms with van der Waals surface area (Å²) in [5.41, 5.74) is 0.901. The molecule has 160 valence electrons. The van der Waals surface area contributed by atoms with Crippen LogP contribution in [0.25, 0.3) is 0 Å². The smallest absolute Gasteiger partial charge is 0.243 e. The third-order valence-corrected chi connectivity index (χ3v) is 6.95. The molecule has 0 spiro atoms. The van der Waals surface area contributed by atoms with Crippen molar-refractivity contribution in [2.75, 3.05) is 39.5 Å². The Bertz CT molecular complexity index is 1040. The lowest BCUT2D eigenvalue weighted by molar-refractivity contribution is -0.122. The average Bonchev–Trinajstić information content (AvgIpc) is 3.20. The lowest BCUT2D eigenvalue weighted by atomic mass is 10.2. The van der Waals surface area contributed by atoms with Gasteiger partial charge in [0, 0.05) is 32.7 Å². The molecule has 1 N–H and O–H groups in total. The number of amides is 1. The average molecular weight is 435 g/mol. The highest BCUT2D eigenvalue weighted by atomic mass is 32.2. The van der Waals surface area contributed by atoms with Gasteiger partial charge in [0.1, 0.15) is 5.82 Å². The van der Waals surface area contributed by atoms with Crippen LogP contribution in [0.3, 0.4) is 0 Å². The zero-order valence-corrected chi connectivity index (χ0v) is 17.0. The number of hydrogen-bond donors (Lipinski definition) is 1. The number of fused-ring (bicyclic) bond motifs is 1. The summed E-state index contributed by atoms with van der Waals surface area (Å²) >= 11 is 0. The van der Waals surface area contributed by atoms with Crippen molar-refractivity contribution in [2.45, 2.75) is 11.4 Å². The standard InChI is InChI=1S/C20H22FN3O5S/c21-16-2-1-3-17(11-16)30(26,27)24-8-6-23(7-9-24)13-20(25)22-12-15-4-5-18-19(10-15)29-14-28-18/h1-5,10-11H,6-9,12-14H2,(H,22,25). The van der Waals surface area contributed by atoms with E-state index in [1.54, 1.807) is 0 Å². The van der Waals surface area contributed by atoms with Crippen molar-refractivity contribution >= 4 is 15.9 Å². The van der Waals surface area contributed by atoms with Crippen LogP contribution in [0.5, 0.6) is 11.5 Å². The highest BCUT2D eigenvalue weighted by Gasteiger charge is 2.29. The maximum atomic E-state index is 13.4. The highest BCUT2D eigenvalue weighted by molar-refractivity contribution is 7.89. The number of hydrogen-bond acceptors (Lipinski definition) is 6. The monoisotopic (exact) mass is 435 g/mol. The number of rotatable bonds is 6. The Kier molecular flexibility index (Phi) is 5.89. The van der Waals surface area contributed by atoms with Crippen molar-refractivity contribution in [1.82, 2.24) is 14.5 Å². The molecule has 1 saturated heterocycles. The molecule has 0 bridgehead atoms. The van der Waals surface area contributed by atoms with Gasteiger partial charge in [-0.3, -0.25) is 9.69 Å². The number of nitrogens with zero attached hydrogens (tertiary/aromatic N) is 2. The summed E-state index contributed by atoms with van der Waals surface area (Å²) in [5, 5.41) is 2.86. The van der Waals surface area contributed by atoms with E-state index in [0.29, 0.717) is 31.1 Å². The van der Waals surface area contributed by atoms with Gasteiger partial charge in [0.2, 0.25) is 22.7 Å². The van der Waals surface area contributed by atoms with E-state index in [1.165, 1.54) is 22.5 Å². The van der Waals surface area contributed by atoms with E-state index in [-0.39, 0.29) is 37.2 Å². The predicted molar refractivity (Wildman–Crippen MR) is 106 cm³/mol. The van der Waals surface area contributed by atoms with Crippen molar-refractivity contribution in [3.63, 3.8) is 0 Å². The molecule has 30 heavy (non-hydrogen) atoms. The number of carbonyl (C=O) groups excluding carboxylic acids is 1. The van der Waals surface area contributed by atoms with Crippen molar-refractivity contribution in [1.29, 1.82) is 0 Å². The van der Waals surface area contributed by atoms with Crippen molar-refractivity contribution in [2.24, 2.45) is 0 Å². The second-order valence-electron chi connectivity index (χ2n) is 7.10. The molecular weight excluding hydrogens is 413 g/mol. The number of ether oxygens (including phenoxy) is 2. The van der Waals surface area contributed by atoms with Crippen molar-refractivity contribution < 1.29 is 27.1 Å². The molecule has 2 aromatic rings. The first-order chi connectivity index (χ1) is 14.4. The molecule has 2 aliphatic heterocycles. The van der Waals surface area contributed by atoms with E-state index in [4.69, 9.17) is 9.47 Å². The SMILES string of the molecule is O=C(CN1CCN(S(=O)(=O)c2cccc(F)c2)CC1)NCc1ccc2c(c1)OCO2. The normalized spacial score (nSPS) is 17.1. The topological polar surface area (TPSA) is 88.2 Å². The maximum absolute atomic E-state index is 13.4. The van der Waals surface area contributed by atoms with Gasteiger partial charge >= 0.3 is 0 Å². The summed E-state index contributed by atoms with van der Waals surface area (Å²) in [7, 11) is -3.74. The van der Waals surface area contributed by atoms with E-state index >= 15 is 0 Å². The van der Waals surface area contributed by atoms with E-state index in [1.807, 2.05) is 23.1 Å². The first-order valence-electron chi connectivity index (χ1n) is 9.55.